The third-order valence-corrected chi connectivity index (χ3v) is 4.43. The van der Waals surface area contributed by atoms with Crippen molar-refractivity contribution in [3.63, 3.8) is 0 Å². The van der Waals surface area contributed by atoms with Crippen LogP contribution >= 0.6 is 0 Å². The number of para-hydroxylation sites is 1. The van der Waals surface area contributed by atoms with Crippen LogP contribution in [0.5, 0.6) is 0 Å². The van der Waals surface area contributed by atoms with Crippen LogP contribution in [0.2, 0.25) is 0 Å². The normalized spacial score (nSPS) is 14.6. The second kappa shape index (κ2) is 6.51. The number of amides is 2. The molecule has 1 aliphatic rings. The summed E-state index contributed by atoms with van der Waals surface area (Å²) in [6, 6.07) is 12.0. The van der Waals surface area contributed by atoms with Gasteiger partial charge in [-0.15, -0.1) is 0 Å². The smallest absolute Gasteiger partial charge is 0.298 e. The van der Waals surface area contributed by atoms with E-state index in [-0.39, 0.29) is 30.5 Å². The number of ketones is 1. The largest absolute Gasteiger partial charge is 0.459 e. The lowest BCUT2D eigenvalue weighted by molar-refractivity contribution is -0.128. The Balaban J connectivity index is 1.41. The van der Waals surface area contributed by atoms with Crippen molar-refractivity contribution >= 4 is 28.6 Å². The Hall–Kier alpha value is -3.35. The number of carbonyl (C=O) groups is 3. The number of Topliss-reactive ketones (excluding diaryl/α,β-unsaturated/α-hetero) is 1. The maximum Gasteiger partial charge on any atom is 0.298 e. The fraction of sp³-hybridized carbons (Fsp3) is 0.211. The summed E-state index contributed by atoms with van der Waals surface area (Å²) in [7, 11) is 0. The number of benzene rings is 1. The molecule has 2 amide bonds. The van der Waals surface area contributed by atoms with E-state index in [0.717, 1.165) is 5.39 Å². The standard InChI is InChI=1S/C19H16N2O5/c22-17(16-12-13-4-1-2-5-14(13)26-16)19(24)21-9-7-20(8-10-21)18(23)15-6-3-11-25-15/h1-6,11-12H,7-10H2. The Bertz CT molecular complexity index is 932. The molecule has 7 nitrogen and oxygen atoms in total. The zero-order valence-corrected chi connectivity index (χ0v) is 13.9. The first-order chi connectivity index (χ1) is 12.6. The second-order valence-corrected chi connectivity index (χ2v) is 6.04. The molecule has 3 heterocycles. The third kappa shape index (κ3) is 2.88. The van der Waals surface area contributed by atoms with E-state index in [2.05, 4.69) is 0 Å². The van der Waals surface area contributed by atoms with Gasteiger partial charge in [-0.05, 0) is 24.3 Å². The molecule has 0 unspecified atom stereocenters. The van der Waals surface area contributed by atoms with E-state index in [0.29, 0.717) is 18.7 Å². The molecule has 0 aliphatic carbocycles. The van der Waals surface area contributed by atoms with Crippen LogP contribution in [0.4, 0.5) is 0 Å². The third-order valence-electron chi connectivity index (χ3n) is 4.43. The first-order valence-corrected chi connectivity index (χ1v) is 8.28. The van der Waals surface area contributed by atoms with Gasteiger partial charge in [0.25, 0.3) is 17.6 Å². The van der Waals surface area contributed by atoms with E-state index in [1.54, 1.807) is 35.2 Å². The highest BCUT2D eigenvalue weighted by Gasteiger charge is 2.31. The van der Waals surface area contributed by atoms with Gasteiger partial charge in [-0.25, -0.2) is 0 Å². The highest BCUT2D eigenvalue weighted by atomic mass is 16.3. The molecule has 26 heavy (non-hydrogen) atoms. The van der Waals surface area contributed by atoms with E-state index >= 15 is 0 Å². The average molecular weight is 352 g/mol. The molecular formula is C19H16N2O5. The molecule has 1 aliphatic heterocycles. The van der Waals surface area contributed by atoms with Crippen LogP contribution in [0.3, 0.4) is 0 Å². The monoisotopic (exact) mass is 352 g/mol. The van der Waals surface area contributed by atoms with Crippen molar-refractivity contribution in [3.8, 4) is 0 Å². The fourth-order valence-electron chi connectivity index (χ4n) is 3.01. The molecule has 3 aromatic rings. The Morgan fingerprint density at radius 1 is 0.846 bits per heavy atom. The van der Waals surface area contributed by atoms with Gasteiger partial charge < -0.3 is 18.6 Å². The molecule has 0 radical (unpaired) electrons. The molecule has 1 aromatic carbocycles. The topological polar surface area (TPSA) is 84.0 Å². The van der Waals surface area contributed by atoms with Gasteiger partial charge in [0, 0.05) is 31.6 Å². The fourth-order valence-corrected chi connectivity index (χ4v) is 3.01. The number of nitrogens with zero attached hydrogens (tertiary/aromatic N) is 2. The molecule has 0 bridgehead atoms. The quantitative estimate of drug-likeness (QED) is 0.533. The highest BCUT2D eigenvalue weighted by molar-refractivity contribution is 6.42. The predicted octanol–water partition coefficient (Wildman–Crippen LogP) is 2.19. The van der Waals surface area contributed by atoms with E-state index in [4.69, 9.17) is 8.83 Å². The van der Waals surface area contributed by atoms with Gasteiger partial charge in [0.15, 0.2) is 11.5 Å². The lowest BCUT2D eigenvalue weighted by Crippen LogP contribution is -2.52. The van der Waals surface area contributed by atoms with Crippen LogP contribution in [0, 0.1) is 0 Å². The van der Waals surface area contributed by atoms with Crippen molar-refractivity contribution < 1.29 is 23.2 Å². The minimum atomic E-state index is -0.674. The van der Waals surface area contributed by atoms with Crippen molar-refractivity contribution in [1.29, 1.82) is 0 Å². The number of hydrogen-bond donors (Lipinski definition) is 0. The number of hydrogen-bond acceptors (Lipinski definition) is 5. The van der Waals surface area contributed by atoms with Crippen molar-refractivity contribution in [3.05, 3.63) is 60.2 Å². The lowest BCUT2D eigenvalue weighted by atomic mass is 10.2. The second-order valence-electron chi connectivity index (χ2n) is 6.04. The molecule has 4 rings (SSSR count). The van der Waals surface area contributed by atoms with Crippen molar-refractivity contribution in [1.82, 2.24) is 9.80 Å². The first-order valence-electron chi connectivity index (χ1n) is 8.28. The summed E-state index contributed by atoms with van der Waals surface area (Å²) in [6.07, 6.45) is 1.44. The zero-order valence-electron chi connectivity index (χ0n) is 13.9. The van der Waals surface area contributed by atoms with Gasteiger partial charge in [0.1, 0.15) is 5.58 Å². The number of rotatable bonds is 3. The minimum absolute atomic E-state index is 0.0327. The molecule has 2 aromatic heterocycles. The number of piperazine rings is 1. The molecule has 132 valence electrons. The van der Waals surface area contributed by atoms with E-state index < -0.39 is 11.7 Å². The van der Waals surface area contributed by atoms with Gasteiger partial charge >= 0.3 is 0 Å². The Kier molecular flexibility index (Phi) is 4.04. The summed E-state index contributed by atoms with van der Waals surface area (Å²) < 4.78 is 10.6. The van der Waals surface area contributed by atoms with Crippen LogP contribution < -0.4 is 0 Å². The molecule has 7 heteroatoms. The summed E-state index contributed by atoms with van der Waals surface area (Å²) in [4.78, 5) is 40.2. The van der Waals surface area contributed by atoms with Crippen LogP contribution in [0.1, 0.15) is 21.1 Å². The van der Waals surface area contributed by atoms with E-state index in [9.17, 15) is 14.4 Å². The summed E-state index contributed by atoms with van der Waals surface area (Å²) in [5, 5.41) is 0.775. The van der Waals surface area contributed by atoms with Crippen LogP contribution in [0.15, 0.2) is 57.6 Å². The SMILES string of the molecule is O=C(C(=O)N1CCN(C(=O)c2ccco2)CC1)c1cc2ccccc2o1. The van der Waals surface area contributed by atoms with Crippen molar-refractivity contribution in [2.24, 2.45) is 0 Å². The van der Waals surface area contributed by atoms with Gasteiger partial charge in [-0.3, -0.25) is 14.4 Å². The molecule has 0 N–H and O–H groups in total. The molecule has 0 spiro atoms. The summed E-state index contributed by atoms with van der Waals surface area (Å²) >= 11 is 0. The maximum atomic E-state index is 12.5. The number of carbonyl (C=O) groups excluding carboxylic acids is 3. The van der Waals surface area contributed by atoms with Gasteiger partial charge in [0.2, 0.25) is 0 Å². The van der Waals surface area contributed by atoms with Crippen LogP contribution in [-0.2, 0) is 4.79 Å². The molecule has 1 fully saturated rings. The minimum Gasteiger partial charge on any atom is -0.459 e. The Morgan fingerprint density at radius 2 is 1.58 bits per heavy atom. The van der Waals surface area contributed by atoms with Gasteiger partial charge in [0.05, 0.1) is 6.26 Å². The first kappa shape index (κ1) is 16.1. The Labute approximate surface area is 148 Å². The van der Waals surface area contributed by atoms with E-state index in [1.807, 2.05) is 12.1 Å². The Morgan fingerprint density at radius 3 is 2.27 bits per heavy atom. The average Bonchev–Trinajstić information content (AvgIpc) is 3.36. The van der Waals surface area contributed by atoms with Crippen molar-refractivity contribution in [2.75, 3.05) is 26.2 Å². The zero-order chi connectivity index (χ0) is 18.1. The molecule has 1 saturated heterocycles. The summed E-state index contributed by atoms with van der Waals surface area (Å²) in [5.41, 5.74) is 0.567. The maximum absolute atomic E-state index is 12.5. The van der Waals surface area contributed by atoms with E-state index in [1.165, 1.54) is 11.2 Å². The molecule has 0 atom stereocenters. The van der Waals surface area contributed by atoms with Crippen LogP contribution in [-0.4, -0.2) is 53.6 Å². The van der Waals surface area contributed by atoms with Crippen LogP contribution in [0.25, 0.3) is 11.0 Å². The highest BCUT2D eigenvalue weighted by Crippen LogP contribution is 2.20. The molecule has 0 saturated carbocycles. The molecular weight excluding hydrogens is 336 g/mol. The summed E-state index contributed by atoms with van der Waals surface area (Å²) in [5.74, 6) is -1.21. The number of furan rings is 2. The predicted molar refractivity (Wildman–Crippen MR) is 91.7 cm³/mol. The van der Waals surface area contributed by atoms with Gasteiger partial charge in [-0.2, -0.15) is 0 Å². The van der Waals surface area contributed by atoms with Crippen molar-refractivity contribution in [2.45, 2.75) is 0 Å². The van der Waals surface area contributed by atoms with Gasteiger partial charge in [-0.1, -0.05) is 18.2 Å². The lowest BCUT2D eigenvalue weighted by Gasteiger charge is -2.33. The number of fused-ring (bicyclic) bond motifs is 1. The summed E-state index contributed by atoms with van der Waals surface area (Å²) in [6.45, 7) is 1.27.